The van der Waals surface area contributed by atoms with E-state index in [2.05, 4.69) is 4.74 Å². The summed E-state index contributed by atoms with van der Waals surface area (Å²) in [5.74, 6) is -2.07. The quantitative estimate of drug-likeness (QED) is 0.795. The molecular formula is C8H7F2NO4. The van der Waals surface area contributed by atoms with Gasteiger partial charge in [0.05, 0.1) is 7.11 Å². The molecule has 7 heteroatoms. The van der Waals surface area contributed by atoms with Crippen LogP contribution in [0.2, 0.25) is 0 Å². The van der Waals surface area contributed by atoms with Gasteiger partial charge in [-0.3, -0.25) is 9.78 Å². The molecule has 0 aliphatic carbocycles. The van der Waals surface area contributed by atoms with Crippen molar-refractivity contribution >= 4 is 5.97 Å². The fraction of sp³-hybridized carbons (Fsp3) is 0.250. The summed E-state index contributed by atoms with van der Waals surface area (Å²) < 4.78 is 29.3. The second-order valence-corrected chi connectivity index (χ2v) is 2.60. The van der Waals surface area contributed by atoms with Crippen LogP contribution in [-0.2, 0) is 0 Å². The molecule has 1 aromatic heterocycles. The Morgan fingerprint density at radius 1 is 1.60 bits per heavy atom. The highest BCUT2D eigenvalue weighted by atomic mass is 19.3. The van der Waals surface area contributed by atoms with Gasteiger partial charge >= 0.3 is 5.97 Å². The van der Waals surface area contributed by atoms with Crippen LogP contribution in [0.25, 0.3) is 0 Å². The molecule has 5 nitrogen and oxygen atoms in total. The van der Waals surface area contributed by atoms with Crippen molar-refractivity contribution in [2.45, 2.75) is 6.43 Å². The van der Waals surface area contributed by atoms with E-state index in [0.717, 1.165) is 7.11 Å². The molecule has 0 aliphatic heterocycles. The molecule has 0 radical (unpaired) electrons. The molecule has 1 heterocycles. The van der Waals surface area contributed by atoms with Crippen LogP contribution >= 0.6 is 0 Å². The summed E-state index contributed by atoms with van der Waals surface area (Å²) in [7, 11) is 1.08. The number of carboxylic acids is 1. The fourth-order valence-corrected chi connectivity index (χ4v) is 1.10. The van der Waals surface area contributed by atoms with Crippen LogP contribution in [0.1, 0.15) is 22.3 Å². The number of rotatable bonds is 3. The Bertz CT molecular complexity index is 441. The Kier molecular flexibility index (Phi) is 3.03. The molecule has 0 spiro atoms. The first-order chi connectivity index (χ1) is 6.97. The number of methoxy groups -OCH3 is 1. The average Bonchev–Trinajstić information content (AvgIpc) is 2.15. The Hall–Kier alpha value is -1.92. The normalized spacial score (nSPS) is 10.4. The van der Waals surface area contributed by atoms with E-state index in [0.29, 0.717) is 6.07 Å². The van der Waals surface area contributed by atoms with Gasteiger partial charge in [-0.1, -0.05) is 0 Å². The molecule has 0 aromatic carbocycles. The van der Waals surface area contributed by atoms with E-state index in [-0.39, 0.29) is 0 Å². The van der Waals surface area contributed by atoms with Crippen molar-refractivity contribution in [3.05, 3.63) is 27.5 Å². The van der Waals surface area contributed by atoms with Crippen LogP contribution in [0.4, 0.5) is 8.78 Å². The van der Waals surface area contributed by atoms with Gasteiger partial charge in [0.25, 0.3) is 12.0 Å². The lowest BCUT2D eigenvalue weighted by Gasteiger charge is -2.08. The third kappa shape index (κ3) is 2.12. The number of aromatic nitrogens is 1. The van der Waals surface area contributed by atoms with Crippen LogP contribution in [0.15, 0.2) is 10.9 Å². The molecule has 0 saturated heterocycles. The number of H-pyrrole nitrogens is 1. The molecule has 0 saturated carbocycles. The monoisotopic (exact) mass is 219 g/mol. The third-order valence-corrected chi connectivity index (χ3v) is 1.69. The highest BCUT2D eigenvalue weighted by Gasteiger charge is 2.23. The number of halogens is 2. The lowest BCUT2D eigenvalue weighted by Crippen LogP contribution is -2.15. The number of ether oxygens (including phenoxy) is 1. The average molecular weight is 219 g/mol. The van der Waals surface area contributed by atoms with Gasteiger partial charge < -0.3 is 9.84 Å². The van der Waals surface area contributed by atoms with Crippen LogP contribution < -0.4 is 10.3 Å². The number of hydrogen-bond donors (Lipinski definition) is 2. The second-order valence-electron chi connectivity index (χ2n) is 2.60. The Labute approximate surface area is 82.3 Å². The molecule has 0 atom stereocenters. The van der Waals surface area contributed by atoms with Gasteiger partial charge in [0.15, 0.2) is 0 Å². The molecule has 0 unspecified atom stereocenters. The minimum Gasteiger partial charge on any atom is -0.482 e. The van der Waals surface area contributed by atoms with Crippen LogP contribution in [0.5, 0.6) is 5.88 Å². The van der Waals surface area contributed by atoms with E-state index in [1.165, 1.54) is 0 Å². The van der Waals surface area contributed by atoms with E-state index in [1.54, 1.807) is 0 Å². The number of carbonyl (C=O) groups is 1. The number of hydrogen-bond acceptors (Lipinski definition) is 3. The molecule has 1 aromatic rings. The highest BCUT2D eigenvalue weighted by Crippen LogP contribution is 2.26. The van der Waals surface area contributed by atoms with Crippen LogP contribution in [-0.4, -0.2) is 23.2 Å². The minimum atomic E-state index is -3.05. The molecule has 1 rings (SSSR count). The van der Waals surface area contributed by atoms with Crippen molar-refractivity contribution < 1.29 is 23.4 Å². The predicted octanol–water partition coefficient (Wildman–Crippen LogP) is 1.02. The van der Waals surface area contributed by atoms with E-state index < -0.39 is 35.0 Å². The zero-order valence-corrected chi connectivity index (χ0v) is 7.58. The van der Waals surface area contributed by atoms with E-state index >= 15 is 0 Å². The van der Waals surface area contributed by atoms with E-state index in [1.807, 2.05) is 4.98 Å². The highest BCUT2D eigenvalue weighted by molar-refractivity contribution is 5.92. The smallest absolute Gasteiger partial charge is 0.341 e. The molecule has 82 valence electrons. The van der Waals surface area contributed by atoms with Crippen molar-refractivity contribution in [3.8, 4) is 5.88 Å². The maximum absolute atomic E-state index is 12.4. The van der Waals surface area contributed by atoms with Crippen molar-refractivity contribution in [2.24, 2.45) is 0 Å². The first-order valence-corrected chi connectivity index (χ1v) is 3.80. The zero-order chi connectivity index (χ0) is 11.6. The summed E-state index contributed by atoms with van der Waals surface area (Å²) in [4.78, 5) is 23.6. The van der Waals surface area contributed by atoms with Crippen molar-refractivity contribution in [2.75, 3.05) is 7.11 Å². The van der Waals surface area contributed by atoms with Crippen LogP contribution in [0.3, 0.4) is 0 Å². The summed E-state index contributed by atoms with van der Waals surface area (Å²) in [6.07, 6.45) is -3.05. The molecular weight excluding hydrogens is 212 g/mol. The number of nitrogens with one attached hydrogen (secondary N) is 1. The lowest BCUT2D eigenvalue weighted by molar-refractivity contribution is 0.0679. The fourth-order valence-electron chi connectivity index (χ4n) is 1.10. The Balaban J connectivity index is 3.54. The SMILES string of the molecule is COc1[nH]c(=O)cc(C(F)F)c1C(=O)O. The number of aromatic amines is 1. The first kappa shape index (κ1) is 11.2. The maximum Gasteiger partial charge on any atom is 0.341 e. The molecule has 0 fully saturated rings. The summed E-state index contributed by atoms with van der Waals surface area (Å²) >= 11 is 0. The van der Waals surface area contributed by atoms with Gasteiger partial charge in [0.2, 0.25) is 5.88 Å². The van der Waals surface area contributed by atoms with Gasteiger partial charge in [0, 0.05) is 11.6 Å². The molecule has 0 bridgehead atoms. The largest absolute Gasteiger partial charge is 0.482 e. The molecule has 15 heavy (non-hydrogen) atoms. The van der Waals surface area contributed by atoms with Gasteiger partial charge in [-0.2, -0.15) is 0 Å². The third-order valence-electron chi connectivity index (χ3n) is 1.69. The van der Waals surface area contributed by atoms with E-state index in [4.69, 9.17) is 5.11 Å². The zero-order valence-electron chi connectivity index (χ0n) is 7.58. The number of aromatic carboxylic acids is 1. The maximum atomic E-state index is 12.4. The summed E-state index contributed by atoms with van der Waals surface area (Å²) in [6, 6.07) is 0.538. The Morgan fingerprint density at radius 2 is 2.20 bits per heavy atom. The van der Waals surface area contributed by atoms with Gasteiger partial charge in [-0.25, -0.2) is 13.6 Å². The summed E-state index contributed by atoms with van der Waals surface area (Å²) in [5.41, 5.74) is -2.43. The minimum absolute atomic E-state index is 0.481. The lowest BCUT2D eigenvalue weighted by atomic mass is 10.1. The van der Waals surface area contributed by atoms with Crippen molar-refractivity contribution in [1.29, 1.82) is 0 Å². The summed E-state index contributed by atoms with van der Waals surface area (Å²) in [5, 5.41) is 8.68. The predicted molar refractivity (Wildman–Crippen MR) is 45.5 cm³/mol. The number of pyridine rings is 1. The van der Waals surface area contributed by atoms with Crippen LogP contribution in [0, 0.1) is 0 Å². The Morgan fingerprint density at radius 3 is 2.60 bits per heavy atom. The second kappa shape index (κ2) is 4.07. The standard InChI is InChI=1S/C8H7F2NO4/c1-15-7-5(8(13)14)3(6(9)10)2-4(12)11-7/h2,6H,1H3,(H,11,12)(H,13,14). The number of alkyl halides is 2. The molecule has 2 N–H and O–H groups in total. The first-order valence-electron chi connectivity index (χ1n) is 3.80. The van der Waals surface area contributed by atoms with Gasteiger partial charge in [0.1, 0.15) is 5.56 Å². The summed E-state index contributed by atoms with van der Waals surface area (Å²) in [6.45, 7) is 0. The van der Waals surface area contributed by atoms with Gasteiger partial charge in [-0.05, 0) is 0 Å². The number of carboxylic acid groups (broad SMARTS) is 1. The molecule has 0 amide bonds. The van der Waals surface area contributed by atoms with Gasteiger partial charge in [-0.15, -0.1) is 0 Å². The molecule has 0 aliphatic rings. The van der Waals surface area contributed by atoms with Crippen molar-refractivity contribution in [3.63, 3.8) is 0 Å². The topological polar surface area (TPSA) is 79.4 Å². The van der Waals surface area contributed by atoms with E-state index in [9.17, 15) is 18.4 Å². The van der Waals surface area contributed by atoms with Crippen molar-refractivity contribution in [1.82, 2.24) is 4.98 Å².